The van der Waals surface area contributed by atoms with Crippen LogP contribution in [0.15, 0.2) is 48.4 Å². The number of benzene rings is 2. The molecule has 0 bridgehead atoms. The number of aromatic nitrogens is 1. The molecule has 42 heavy (non-hydrogen) atoms. The summed E-state index contributed by atoms with van der Waals surface area (Å²) in [5.74, 6) is 7.22. The van der Waals surface area contributed by atoms with E-state index in [9.17, 15) is 9.90 Å². The van der Waals surface area contributed by atoms with E-state index in [0.29, 0.717) is 0 Å². The molecule has 2 heterocycles. The van der Waals surface area contributed by atoms with Gasteiger partial charge in [-0.1, -0.05) is 27.7 Å². The van der Waals surface area contributed by atoms with Gasteiger partial charge in [-0.25, -0.2) is 0 Å². The van der Waals surface area contributed by atoms with Gasteiger partial charge in [0, 0.05) is 38.0 Å². The first kappa shape index (κ1) is 36.3. The van der Waals surface area contributed by atoms with Crippen molar-refractivity contribution in [1.29, 1.82) is 0 Å². The molecule has 0 amide bonds. The smallest absolute Gasteiger partial charge is 0 e. The van der Waals surface area contributed by atoms with Crippen LogP contribution in [0.3, 0.4) is 0 Å². The Bertz CT molecular complexity index is 1530. The fourth-order valence-corrected chi connectivity index (χ4v) is 9.60. The molecule has 0 spiro atoms. The minimum Gasteiger partial charge on any atom is 0 e. The second kappa shape index (κ2) is 15.7. The molecular weight excluding hydrogens is 782 g/mol. The number of nitrogens with zero attached hydrogens (tertiary/aromatic N) is 1. The van der Waals surface area contributed by atoms with E-state index in [1.165, 1.54) is 23.0 Å². The van der Waals surface area contributed by atoms with Crippen LogP contribution in [0.1, 0.15) is 64.5 Å². The van der Waals surface area contributed by atoms with Crippen molar-refractivity contribution in [2.24, 2.45) is 11.8 Å². The van der Waals surface area contributed by atoms with E-state index in [1.54, 1.807) is 0 Å². The monoisotopic (exact) mass is 829 g/mol. The van der Waals surface area contributed by atoms with E-state index in [0.717, 1.165) is 67.1 Å². The second-order valence-corrected chi connectivity index (χ2v) is 23.5. The van der Waals surface area contributed by atoms with Crippen LogP contribution in [0.5, 0.6) is 0 Å². The van der Waals surface area contributed by atoms with Crippen LogP contribution in [0, 0.1) is 37.6 Å². The summed E-state index contributed by atoms with van der Waals surface area (Å²) in [4.78, 5) is 16.3. The molecular formula is C35H45FGeIrNO2S-. The third kappa shape index (κ3) is 8.40. The summed E-state index contributed by atoms with van der Waals surface area (Å²) in [5.41, 5.74) is 4.15. The molecule has 1 radical (unpaired) electrons. The standard InChI is InChI=1S/C22H21FGeNS.C13H24O2.Ir/c1-13-10-14(2)12-15(11-13)20-22-17(8-9-25-20)16-6-7-18(24(3,4)5)19(23)21(16)26-22;1-5-10(6-2)12(14)9-13(15)11(7-3)8-4;/h6-11H,1-5H3;9-11,14H,5-8H2,1-4H3;/q-1;;/b;12-9-;. The van der Waals surface area contributed by atoms with Crippen molar-refractivity contribution >= 4 is 55.0 Å². The maximum atomic E-state index is 15.3. The summed E-state index contributed by atoms with van der Waals surface area (Å²) >= 11 is -0.728. The normalized spacial score (nSPS) is 12.0. The Kier molecular flexibility index (Phi) is 13.6. The van der Waals surface area contributed by atoms with Gasteiger partial charge in [0.15, 0.2) is 5.78 Å². The summed E-state index contributed by atoms with van der Waals surface area (Å²) in [5, 5.41) is 11.8. The van der Waals surface area contributed by atoms with Gasteiger partial charge in [-0.3, -0.25) is 4.79 Å². The average molecular weight is 828 g/mol. The summed E-state index contributed by atoms with van der Waals surface area (Å²) in [6, 6.07) is 13.7. The third-order valence-electron chi connectivity index (χ3n) is 7.79. The molecule has 0 aliphatic heterocycles. The molecule has 0 saturated carbocycles. The summed E-state index contributed by atoms with van der Waals surface area (Å²) < 4.78 is 18.0. The van der Waals surface area contributed by atoms with Crippen molar-refractivity contribution < 1.29 is 34.4 Å². The summed E-state index contributed by atoms with van der Waals surface area (Å²) in [7, 11) is 0. The van der Waals surface area contributed by atoms with Gasteiger partial charge in [0.05, 0.1) is 5.76 Å². The van der Waals surface area contributed by atoms with E-state index in [-0.39, 0.29) is 49.3 Å². The fourth-order valence-electron chi connectivity index (χ4n) is 5.31. The van der Waals surface area contributed by atoms with Crippen LogP contribution < -0.4 is 4.40 Å². The van der Waals surface area contributed by atoms with E-state index in [2.05, 4.69) is 53.4 Å². The topological polar surface area (TPSA) is 50.2 Å². The maximum Gasteiger partial charge on any atom is 0 e. The Morgan fingerprint density at radius 3 is 2.12 bits per heavy atom. The number of ketones is 1. The van der Waals surface area contributed by atoms with Gasteiger partial charge < -0.3 is 5.11 Å². The molecule has 229 valence electrons. The molecule has 0 atom stereocenters. The molecule has 0 saturated heterocycles. The Balaban J connectivity index is 0.000000334. The third-order valence-corrected chi connectivity index (χ3v) is 13.2. The zero-order valence-electron chi connectivity index (χ0n) is 26.4. The number of hydrogen-bond donors (Lipinski definition) is 1. The zero-order valence-corrected chi connectivity index (χ0v) is 31.8. The van der Waals surface area contributed by atoms with Crippen molar-refractivity contribution in [3.05, 3.63) is 71.4 Å². The largest absolute Gasteiger partial charge is 0 e. The minimum absolute atomic E-state index is 0. The van der Waals surface area contributed by atoms with Gasteiger partial charge in [-0.2, -0.15) is 0 Å². The fraction of sp³-hybridized carbons (Fsp3) is 0.429. The van der Waals surface area contributed by atoms with E-state index in [4.69, 9.17) is 0 Å². The maximum absolute atomic E-state index is 15.3. The van der Waals surface area contributed by atoms with Gasteiger partial charge >= 0.3 is 160 Å². The number of rotatable bonds is 9. The molecule has 0 aliphatic carbocycles. The molecule has 2 aromatic carbocycles. The predicted octanol–water partition coefficient (Wildman–Crippen LogP) is 10.1. The van der Waals surface area contributed by atoms with Crippen LogP contribution in [0.2, 0.25) is 17.3 Å². The number of fused-ring (bicyclic) bond motifs is 3. The molecule has 1 N–H and O–H groups in total. The Morgan fingerprint density at radius 1 is 0.976 bits per heavy atom. The van der Waals surface area contributed by atoms with Crippen molar-refractivity contribution in [1.82, 2.24) is 4.98 Å². The quantitative estimate of drug-likeness (QED) is 0.0792. The minimum atomic E-state index is -2.25. The van der Waals surface area contributed by atoms with Gasteiger partial charge in [0.1, 0.15) is 0 Å². The molecule has 0 unspecified atom stereocenters. The molecule has 4 rings (SSSR count). The molecule has 0 aliphatic rings. The predicted molar refractivity (Wildman–Crippen MR) is 178 cm³/mol. The Morgan fingerprint density at radius 2 is 1.57 bits per heavy atom. The van der Waals surface area contributed by atoms with Gasteiger partial charge in [0.2, 0.25) is 0 Å². The molecule has 2 aromatic heterocycles. The van der Waals surface area contributed by atoms with Crippen LogP contribution in [0.25, 0.3) is 31.4 Å². The van der Waals surface area contributed by atoms with E-state index >= 15 is 4.39 Å². The molecule has 3 nitrogen and oxygen atoms in total. The number of hydrogen-bond acceptors (Lipinski definition) is 4. The zero-order chi connectivity index (χ0) is 30.5. The van der Waals surface area contributed by atoms with Gasteiger partial charge in [0.25, 0.3) is 0 Å². The molecule has 7 heteroatoms. The first-order valence-electron chi connectivity index (χ1n) is 14.8. The summed E-state index contributed by atoms with van der Waals surface area (Å²) in [6.45, 7) is 12.2. The molecule has 4 aromatic rings. The van der Waals surface area contributed by atoms with Crippen molar-refractivity contribution in [2.45, 2.75) is 84.5 Å². The average Bonchev–Trinajstić information content (AvgIpc) is 3.29. The molecule has 0 fully saturated rings. The van der Waals surface area contributed by atoms with Crippen LogP contribution in [0.4, 0.5) is 4.39 Å². The van der Waals surface area contributed by atoms with Crippen molar-refractivity contribution in [3.8, 4) is 11.3 Å². The van der Waals surface area contributed by atoms with Gasteiger partial charge in [-0.05, 0) is 25.7 Å². The van der Waals surface area contributed by atoms with Crippen LogP contribution in [-0.2, 0) is 24.9 Å². The summed E-state index contributed by atoms with van der Waals surface area (Å²) in [6.07, 6.45) is 6.73. The number of carbonyl (C=O) groups is 1. The number of allylic oxidation sites excluding steroid dienone is 2. The number of thiophene rings is 1. The van der Waals surface area contributed by atoms with Crippen molar-refractivity contribution in [3.63, 3.8) is 0 Å². The number of carbonyl (C=O) groups excluding carboxylic acids is 1. The number of aryl methyl sites for hydroxylation is 2. The van der Waals surface area contributed by atoms with Gasteiger partial charge in [-0.15, -0.1) is 0 Å². The number of pyridine rings is 1. The number of halogens is 1. The van der Waals surface area contributed by atoms with Crippen molar-refractivity contribution in [2.75, 3.05) is 0 Å². The first-order chi connectivity index (χ1) is 19.4. The first-order valence-corrected chi connectivity index (χ1v) is 23.0. The SMILES string of the molecule is CCC(CC)C(=O)/C=C(\O)C(CC)CC.Cc1[c-]c(-c2nccc3c2sc2c(F)[c]([Ge]([CH3])([CH3])[CH3])ccc23)cc(C)c1.[Ir]. The second-order valence-electron chi connectivity index (χ2n) is 11.9. The number of aliphatic hydroxyl groups is 1. The number of aliphatic hydroxyl groups excluding tert-OH is 1. The van der Waals surface area contributed by atoms with E-state index < -0.39 is 13.3 Å². The van der Waals surface area contributed by atoms with Crippen LogP contribution in [-0.4, -0.2) is 29.1 Å². The van der Waals surface area contributed by atoms with Crippen LogP contribution >= 0.6 is 11.3 Å². The Labute approximate surface area is 271 Å². The van der Waals surface area contributed by atoms with E-state index in [1.807, 2.05) is 52.9 Å². The Hall–Kier alpha value is -1.86.